The van der Waals surface area contributed by atoms with Crippen molar-refractivity contribution in [2.75, 3.05) is 24.7 Å². The van der Waals surface area contributed by atoms with Crippen molar-refractivity contribution in [3.63, 3.8) is 0 Å². The molecule has 0 bridgehead atoms. The number of anilines is 1. The molecule has 4 rings (SSSR count). The zero-order valence-electron chi connectivity index (χ0n) is 22.3. The fraction of sp³-hybridized carbons (Fsp3) is 0.444. The zero-order valence-corrected chi connectivity index (χ0v) is 23.1. The SMILES string of the molecule is CC(=O)N1Cc2cc(S(C)(=O)=O)ccc2C1C(=O)Nc1ccc(C(C)(CC(=O)N2CC(C)(F)C2)C(F)(F)F)cc1. The van der Waals surface area contributed by atoms with Crippen LogP contribution in [0.2, 0.25) is 0 Å². The summed E-state index contributed by atoms with van der Waals surface area (Å²) in [6.45, 7) is 2.94. The quantitative estimate of drug-likeness (QED) is 0.520. The Hall–Kier alpha value is -3.48. The van der Waals surface area contributed by atoms with Gasteiger partial charge in [0.25, 0.3) is 5.91 Å². The van der Waals surface area contributed by atoms with Gasteiger partial charge in [-0.3, -0.25) is 14.4 Å². The van der Waals surface area contributed by atoms with Gasteiger partial charge >= 0.3 is 6.18 Å². The normalized spacial score (nSPS) is 19.9. The van der Waals surface area contributed by atoms with Crippen molar-refractivity contribution in [3.05, 3.63) is 59.2 Å². The first-order chi connectivity index (χ1) is 18.3. The molecular formula is C27H29F4N3O5S. The number of alkyl halides is 4. The van der Waals surface area contributed by atoms with Crippen molar-refractivity contribution in [2.45, 2.75) is 61.9 Å². The maximum Gasteiger partial charge on any atom is 0.398 e. The largest absolute Gasteiger partial charge is 0.398 e. The van der Waals surface area contributed by atoms with Crippen LogP contribution in [0.3, 0.4) is 0 Å². The third kappa shape index (κ3) is 5.56. The van der Waals surface area contributed by atoms with Gasteiger partial charge in [0.05, 0.1) is 23.4 Å². The Morgan fingerprint density at radius 1 is 1.07 bits per heavy atom. The molecule has 2 aromatic carbocycles. The first-order valence-electron chi connectivity index (χ1n) is 12.4. The van der Waals surface area contributed by atoms with Gasteiger partial charge in [0, 0.05) is 31.8 Å². The van der Waals surface area contributed by atoms with Gasteiger partial charge in [0.2, 0.25) is 11.8 Å². The van der Waals surface area contributed by atoms with E-state index in [1.807, 2.05) is 0 Å². The number of hydrogen-bond donors (Lipinski definition) is 1. The molecule has 2 heterocycles. The average molecular weight is 584 g/mol. The van der Waals surface area contributed by atoms with E-state index in [-0.39, 0.29) is 35.8 Å². The van der Waals surface area contributed by atoms with Crippen LogP contribution < -0.4 is 5.32 Å². The van der Waals surface area contributed by atoms with Gasteiger partial charge < -0.3 is 15.1 Å². The van der Waals surface area contributed by atoms with Gasteiger partial charge in [-0.05, 0) is 54.8 Å². The molecule has 2 aliphatic heterocycles. The van der Waals surface area contributed by atoms with Crippen LogP contribution in [0.25, 0.3) is 0 Å². The molecule has 0 radical (unpaired) electrons. The van der Waals surface area contributed by atoms with E-state index in [4.69, 9.17) is 0 Å². The highest BCUT2D eigenvalue weighted by Crippen LogP contribution is 2.45. The Labute approximate surface area is 229 Å². The lowest BCUT2D eigenvalue weighted by atomic mass is 9.77. The summed E-state index contributed by atoms with van der Waals surface area (Å²) in [5.41, 5.74) is -3.28. The number of carbonyl (C=O) groups is 3. The summed E-state index contributed by atoms with van der Waals surface area (Å²) in [6.07, 6.45) is -4.65. The summed E-state index contributed by atoms with van der Waals surface area (Å²) in [5.74, 6) is -1.86. The van der Waals surface area contributed by atoms with E-state index in [2.05, 4.69) is 5.32 Å². The topological polar surface area (TPSA) is 104 Å². The number of halogens is 4. The predicted molar refractivity (Wildman–Crippen MR) is 138 cm³/mol. The van der Waals surface area contributed by atoms with Gasteiger partial charge in [0.1, 0.15) is 11.7 Å². The zero-order chi connectivity index (χ0) is 29.8. The molecule has 2 atom stereocenters. The molecule has 0 aliphatic carbocycles. The van der Waals surface area contributed by atoms with Crippen molar-refractivity contribution in [3.8, 4) is 0 Å². The molecule has 1 fully saturated rings. The third-order valence-electron chi connectivity index (χ3n) is 7.46. The summed E-state index contributed by atoms with van der Waals surface area (Å²) in [5, 5.41) is 2.61. The standard InChI is InChI=1S/C27H29F4N3O5S/c1-16(35)34-13-17-11-20(40(4,38)39)9-10-21(17)23(34)24(37)32-19-7-5-18(6-8-19)26(3,27(29,30)31)12-22(36)33-14-25(2,28)15-33/h5-11,23H,12-15H2,1-4H3,(H,32,37). The first kappa shape index (κ1) is 29.5. The van der Waals surface area contributed by atoms with Crippen molar-refractivity contribution in [1.29, 1.82) is 0 Å². The Morgan fingerprint density at radius 2 is 1.68 bits per heavy atom. The van der Waals surface area contributed by atoms with Gasteiger partial charge in [-0.1, -0.05) is 18.2 Å². The monoisotopic (exact) mass is 583 g/mol. The van der Waals surface area contributed by atoms with Crippen LogP contribution >= 0.6 is 0 Å². The molecule has 216 valence electrons. The number of rotatable bonds is 6. The number of nitrogens with one attached hydrogen (secondary N) is 1. The van der Waals surface area contributed by atoms with E-state index in [0.29, 0.717) is 11.1 Å². The Morgan fingerprint density at radius 3 is 2.17 bits per heavy atom. The number of carbonyl (C=O) groups excluding carboxylic acids is 3. The summed E-state index contributed by atoms with van der Waals surface area (Å²) in [7, 11) is -3.52. The van der Waals surface area contributed by atoms with Gasteiger partial charge in [-0.15, -0.1) is 0 Å². The third-order valence-corrected chi connectivity index (χ3v) is 8.57. The van der Waals surface area contributed by atoms with Gasteiger partial charge in [-0.2, -0.15) is 13.2 Å². The Kier molecular flexibility index (Phi) is 7.27. The molecule has 2 aromatic rings. The van der Waals surface area contributed by atoms with Crippen molar-refractivity contribution >= 4 is 33.2 Å². The lowest BCUT2D eigenvalue weighted by Crippen LogP contribution is -2.60. The molecule has 0 spiro atoms. The Bertz CT molecular complexity index is 1470. The van der Waals surface area contributed by atoms with E-state index in [0.717, 1.165) is 30.2 Å². The van der Waals surface area contributed by atoms with Gasteiger partial charge in [-0.25, -0.2) is 12.8 Å². The first-order valence-corrected chi connectivity index (χ1v) is 14.3. The summed E-state index contributed by atoms with van der Waals surface area (Å²) >= 11 is 0. The molecule has 1 N–H and O–H groups in total. The second kappa shape index (κ2) is 9.86. The molecule has 2 unspecified atom stereocenters. The fourth-order valence-corrected chi connectivity index (χ4v) is 5.74. The van der Waals surface area contributed by atoms with E-state index in [1.54, 1.807) is 0 Å². The number of fused-ring (bicyclic) bond motifs is 1. The molecule has 1 saturated heterocycles. The van der Waals surface area contributed by atoms with Crippen LogP contribution in [0.1, 0.15) is 49.9 Å². The van der Waals surface area contributed by atoms with E-state index >= 15 is 0 Å². The highest BCUT2D eigenvalue weighted by molar-refractivity contribution is 7.90. The van der Waals surface area contributed by atoms with Crippen molar-refractivity contribution in [1.82, 2.24) is 9.80 Å². The molecule has 13 heteroatoms. The minimum Gasteiger partial charge on any atom is -0.336 e. The average Bonchev–Trinajstić information content (AvgIpc) is 3.21. The number of amides is 3. The lowest BCUT2D eigenvalue weighted by Gasteiger charge is -2.44. The highest BCUT2D eigenvalue weighted by Gasteiger charge is 2.55. The van der Waals surface area contributed by atoms with Crippen LogP contribution in [0.4, 0.5) is 23.2 Å². The van der Waals surface area contributed by atoms with Crippen LogP contribution in [0.5, 0.6) is 0 Å². The van der Waals surface area contributed by atoms with Crippen LogP contribution in [-0.4, -0.2) is 67.1 Å². The maximum atomic E-state index is 14.2. The number of nitrogens with zero attached hydrogens (tertiary/aromatic N) is 2. The second-order valence-corrected chi connectivity index (χ2v) is 12.9. The second-order valence-electron chi connectivity index (χ2n) is 10.9. The minimum absolute atomic E-state index is 0.0155. The number of benzene rings is 2. The number of sulfone groups is 1. The molecule has 0 saturated carbocycles. The molecule has 2 aliphatic rings. The van der Waals surface area contributed by atoms with E-state index < -0.39 is 57.3 Å². The summed E-state index contributed by atoms with van der Waals surface area (Å²) < 4.78 is 80.2. The molecular weight excluding hydrogens is 554 g/mol. The molecule has 3 amide bonds. The minimum atomic E-state index is -4.79. The highest BCUT2D eigenvalue weighted by atomic mass is 32.2. The maximum absolute atomic E-state index is 14.2. The van der Waals surface area contributed by atoms with Crippen molar-refractivity contribution in [2.24, 2.45) is 0 Å². The Balaban J connectivity index is 1.55. The number of likely N-dealkylation sites (tertiary alicyclic amines) is 1. The van der Waals surface area contributed by atoms with Crippen LogP contribution in [0.15, 0.2) is 47.4 Å². The van der Waals surface area contributed by atoms with E-state index in [9.17, 15) is 40.4 Å². The van der Waals surface area contributed by atoms with Crippen LogP contribution in [0, 0.1) is 0 Å². The molecule has 40 heavy (non-hydrogen) atoms. The smallest absolute Gasteiger partial charge is 0.336 e. The predicted octanol–water partition coefficient (Wildman–Crippen LogP) is 3.91. The summed E-state index contributed by atoms with van der Waals surface area (Å²) in [4.78, 5) is 40.4. The van der Waals surface area contributed by atoms with Gasteiger partial charge in [0.15, 0.2) is 9.84 Å². The number of hydrogen-bond acceptors (Lipinski definition) is 5. The van der Waals surface area contributed by atoms with Crippen LogP contribution in [-0.2, 0) is 36.2 Å². The fourth-order valence-electron chi connectivity index (χ4n) is 5.07. The lowest BCUT2D eigenvalue weighted by molar-refractivity contribution is -0.193. The molecule has 0 aromatic heterocycles. The van der Waals surface area contributed by atoms with Crippen molar-refractivity contribution < 1.29 is 40.4 Å². The summed E-state index contributed by atoms with van der Waals surface area (Å²) in [6, 6.07) is 8.02. The molecule has 8 nitrogen and oxygen atoms in total. The van der Waals surface area contributed by atoms with E-state index in [1.165, 1.54) is 49.1 Å².